The van der Waals surface area contributed by atoms with Crippen LogP contribution in [0.2, 0.25) is 0 Å². The molecule has 0 fully saturated rings. The molecule has 35 valence electrons. The molecule has 1 heterocycles. The molecule has 0 bridgehead atoms. The molecule has 0 atom stereocenters. The molecule has 7 heavy (non-hydrogen) atoms. The van der Waals surface area contributed by atoms with Crippen molar-refractivity contribution < 1.29 is 0 Å². The van der Waals surface area contributed by atoms with E-state index < -0.39 is 0 Å². The van der Waals surface area contributed by atoms with Gasteiger partial charge in [0.15, 0.2) is 0 Å². The second-order valence-electron chi connectivity index (χ2n) is 1.15. The highest BCUT2D eigenvalue weighted by atomic mass is 15.1. The average molecular weight is 93.1 g/mol. The normalized spacial score (nSPS) is 17.1. The summed E-state index contributed by atoms with van der Waals surface area (Å²) in [4.78, 5) is 0. The number of allylic oxidation sites excluding steroid dienone is 2. The van der Waals surface area contributed by atoms with Crippen molar-refractivity contribution in [3.63, 3.8) is 0 Å². The summed E-state index contributed by atoms with van der Waals surface area (Å²) in [7, 11) is 0. The van der Waals surface area contributed by atoms with Gasteiger partial charge in [-0.2, -0.15) is 10.2 Å². The maximum absolute atomic E-state index is 3.67. The van der Waals surface area contributed by atoms with E-state index in [2.05, 4.69) is 16.4 Å². The zero-order chi connectivity index (χ0) is 4.95. The molecule has 2 heteroatoms. The molecule has 0 aromatic rings. The zero-order valence-corrected chi connectivity index (χ0v) is 3.83. The van der Waals surface area contributed by atoms with Gasteiger partial charge in [0.25, 0.3) is 0 Å². The lowest BCUT2D eigenvalue weighted by molar-refractivity contribution is 1.06. The van der Waals surface area contributed by atoms with E-state index in [-0.39, 0.29) is 0 Å². The lowest BCUT2D eigenvalue weighted by Crippen LogP contribution is -1.61. The Labute approximate surface area is 42.3 Å². The first-order valence-electron chi connectivity index (χ1n) is 2.10. The van der Waals surface area contributed by atoms with Gasteiger partial charge in [0.2, 0.25) is 0 Å². The number of azo groups is 1. The summed E-state index contributed by atoms with van der Waals surface area (Å²) < 4.78 is 0. The predicted molar refractivity (Wildman–Crippen MR) is 26.7 cm³/mol. The molecule has 0 saturated carbocycles. The van der Waals surface area contributed by atoms with Crippen LogP contribution < -0.4 is 0 Å². The Morgan fingerprint density at radius 3 is 3.57 bits per heavy atom. The van der Waals surface area contributed by atoms with E-state index in [4.69, 9.17) is 0 Å². The first-order valence-corrected chi connectivity index (χ1v) is 2.10. The minimum atomic E-state index is 0.684. The van der Waals surface area contributed by atoms with Crippen molar-refractivity contribution in [2.24, 2.45) is 10.2 Å². The third kappa shape index (κ3) is 1.30. The quantitative estimate of drug-likeness (QED) is 0.431. The smallest absolute Gasteiger partial charge is 0.113 e. The van der Waals surface area contributed by atoms with E-state index in [1.54, 1.807) is 6.08 Å². The summed E-state index contributed by atoms with van der Waals surface area (Å²) >= 11 is 0. The van der Waals surface area contributed by atoms with E-state index in [1.807, 2.05) is 12.2 Å². The summed E-state index contributed by atoms with van der Waals surface area (Å²) in [5.74, 6) is 0. The molecule has 2 nitrogen and oxygen atoms in total. The van der Waals surface area contributed by atoms with Gasteiger partial charge in [-0.15, -0.1) is 0 Å². The summed E-state index contributed by atoms with van der Waals surface area (Å²) in [5.41, 5.74) is 0. The van der Waals surface area contributed by atoms with Crippen LogP contribution in [0, 0.1) is 6.20 Å². The summed E-state index contributed by atoms with van der Waals surface area (Å²) in [6.45, 7) is 0.684. The van der Waals surface area contributed by atoms with Crippen LogP contribution >= 0.6 is 0 Å². The molecule has 1 rings (SSSR count). The van der Waals surface area contributed by atoms with Gasteiger partial charge in [-0.05, 0) is 6.08 Å². The van der Waals surface area contributed by atoms with Gasteiger partial charge in [-0.1, -0.05) is 12.2 Å². The molecule has 0 aromatic carbocycles. The first kappa shape index (κ1) is 4.24. The van der Waals surface area contributed by atoms with Gasteiger partial charge in [-0.25, -0.2) is 0 Å². The summed E-state index contributed by atoms with van der Waals surface area (Å²) in [5, 5.41) is 7.19. The van der Waals surface area contributed by atoms with E-state index >= 15 is 0 Å². The molecule has 0 aromatic heterocycles. The lowest BCUT2D eigenvalue weighted by atomic mass is 10.5. The molecule has 1 radical (unpaired) electrons. The van der Waals surface area contributed by atoms with E-state index in [1.165, 1.54) is 0 Å². The van der Waals surface area contributed by atoms with Crippen LogP contribution in [0.5, 0.6) is 0 Å². The van der Waals surface area contributed by atoms with Crippen LogP contribution in [0.4, 0.5) is 0 Å². The standard InChI is InChI=1S/C5H5N2/c1-2-4-6-7-5-3-1/h1-3H,4H2. The van der Waals surface area contributed by atoms with Crippen LogP contribution in [-0.2, 0) is 0 Å². The van der Waals surface area contributed by atoms with Crippen molar-refractivity contribution in [3.8, 4) is 0 Å². The highest BCUT2D eigenvalue weighted by Crippen LogP contribution is 1.86. The van der Waals surface area contributed by atoms with E-state index in [0.29, 0.717) is 6.54 Å². The van der Waals surface area contributed by atoms with Crippen LogP contribution in [0.1, 0.15) is 0 Å². The Bertz CT molecular complexity index is 108. The monoisotopic (exact) mass is 93.0 g/mol. The first-order chi connectivity index (χ1) is 3.50. The Morgan fingerprint density at radius 2 is 2.57 bits per heavy atom. The second kappa shape index (κ2) is 2.29. The second-order valence-corrected chi connectivity index (χ2v) is 1.15. The van der Waals surface area contributed by atoms with Gasteiger partial charge >= 0.3 is 0 Å². The van der Waals surface area contributed by atoms with Crippen LogP contribution in [0.3, 0.4) is 0 Å². The molecule has 1 aliphatic rings. The molecule has 0 saturated heterocycles. The summed E-state index contributed by atoms with van der Waals surface area (Å²) in [6, 6.07) is 0. The fourth-order valence-electron chi connectivity index (χ4n) is 0.334. The van der Waals surface area contributed by atoms with Crippen LogP contribution in [0.25, 0.3) is 0 Å². The fraction of sp³-hybridized carbons (Fsp3) is 0.200. The maximum Gasteiger partial charge on any atom is 0.113 e. The number of nitrogens with zero attached hydrogens (tertiary/aromatic N) is 2. The minimum absolute atomic E-state index is 0.684. The van der Waals surface area contributed by atoms with E-state index in [9.17, 15) is 0 Å². The fourth-order valence-corrected chi connectivity index (χ4v) is 0.334. The van der Waals surface area contributed by atoms with Gasteiger partial charge in [0.05, 0.1) is 6.54 Å². The minimum Gasteiger partial charge on any atom is -0.184 e. The van der Waals surface area contributed by atoms with Gasteiger partial charge < -0.3 is 0 Å². The molecule has 0 aliphatic carbocycles. The third-order valence-electron chi connectivity index (χ3n) is 0.622. The number of rotatable bonds is 0. The Hall–Kier alpha value is -0.920. The highest BCUT2D eigenvalue weighted by molar-refractivity contribution is 5.00. The van der Waals surface area contributed by atoms with Gasteiger partial charge in [-0.3, -0.25) is 0 Å². The molecule has 0 spiro atoms. The van der Waals surface area contributed by atoms with Crippen LogP contribution in [-0.4, -0.2) is 6.54 Å². The maximum atomic E-state index is 3.67. The predicted octanol–water partition coefficient (Wildman–Crippen LogP) is 1.33. The van der Waals surface area contributed by atoms with Crippen LogP contribution in [0.15, 0.2) is 28.5 Å². The van der Waals surface area contributed by atoms with Crippen molar-refractivity contribution in [3.05, 3.63) is 24.4 Å². The van der Waals surface area contributed by atoms with Crippen molar-refractivity contribution in [1.29, 1.82) is 0 Å². The Kier molecular flexibility index (Phi) is 1.39. The zero-order valence-electron chi connectivity index (χ0n) is 3.83. The number of hydrogen-bond donors (Lipinski definition) is 0. The molecule has 1 aliphatic heterocycles. The highest BCUT2D eigenvalue weighted by Gasteiger charge is 1.73. The van der Waals surface area contributed by atoms with Gasteiger partial charge in [0, 0.05) is 0 Å². The molecular weight excluding hydrogens is 88.1 g/mol. The van der Waals surface area contributed by atoms with Crippen molar-refractivity contribution >= 4 is 0 Å². The number of hydrogen-bond acceptors (Lipinski definition) is 2. The SMILES string of the molecule is [C]1=CC=CCN=N1. The van der Waals surface area contributed by atoms with Crippen molar-refractivity contribution in [2.75, 3.05) is 6.54 Å². The lowest BCUT2D eigenvalue weighted by Gasteiger charge is -1.69. The van der Waals surface area contributed by atoms with Crippen molar-refractivity contribution in [1.82, 2.24) is 0 Å². The molecule has 0 amide bonds. The summed E-state index contributed by atoms with van der Waals surface area (Å²) in [6.07, 6.45) is 8.12. The third-order valence-corrected chi connectivity index (χ3v) is 0.622. The average Bonchev–Trinajstić information content (AvgIpc) is 1.90. The molecule has 0 N–H and O–H groups in total. The molecule has 0 unspecified atom stereocenters. The van der Waals surface area contributed by atoms with Gasteiger partial charge in [0.1, 0.15) is 6.20 Å². The van der Waals surface area contributed by atoms with Crippen molar-refractivity contribution in [2.45, 2.75) is 0 Å². The topological polar surface area (TPSA) is 24.7 Å². The Morgan fingerprint density at radius 1 is 1.57 bits per heavy atom. The Balaban J connectivity index is 2.60. The molecular formula is C5H5N2. The largest absolute Gasteiger partial charge is 0.184 e. The van der Waals surface area contributed by atoms with E-state index in [0.717, 1.165) is 0 Å².